The Hall–Kier alpha value is -2.28. The van der Waals surface area contributed by atoms with Crippen molar-refractivity contribution in [2.75, 3.05) is 19.8 Å². The number of carboxylic acid groups (broad SMARTS) is 1. The van der Waals surface area contributed by atoms with Crippen molar-refractivity contribution in [2.45, 2.75) is 57.3 Å². The maximum Gasteiger partial charge on any atom is 0.380 e. The molecule has 2 heterocycles. The number of hydrogen-bond acceptors (Lipinski definition) is 4. The van der Waals surface area contributed by atoms with Crippen LogP contribution in [-0.4, -0.2) is 55.8 Å². The number of carbonyl (C=O) groups is 2. The summed E-state index contributed by atoms with van der Waals surface area (Å²) in [5.41, 5.74) is 2.53. The lowest BCUT2D eigenvalue weighted by Crippen LogP contribution is -2.34. The number of aryl methyl sites for hydroxylation is 1. The second-order valence-corrected chi connectivity index (χ2v) is 11.0. The van der Waals surface area contributed by atoms with Gasteiger partial charge in [-0.05, 0) is 37.5 Å². The van der Waals surface area contributed by atoms with Gasteiger partial charge in [0.15, 0.2) is 0 Å². The lowest BCUT2D eigenvalue weighted by molar-refractivity contribution is -0.0937. The molecule has 2 aromatic rings. The minimum atomic E-state index is -2.52. The van der Waals surface area contributed by atoms with E-state index in [1.54, 1.807) is 9.21 Å². The van der Waals surface area contributed by atoms with E-state index in [9.17, 15) is 18.4 Å². The molecule has 4 rings (SSSR count). The van der Waals surface area contributed by atoms with Crippen LogP contribution in [0.1, 0.15) is 61.0 Å². The molecule has 1 aliphatic carbocycles. The molecule has 36 heavy (non-hydrogen) atoms. The van der Waals surface area contributed by atoms with Gasteiger partial charge >= 0.3 is 5.30 Å². The minimum Gasteiger partial charge on any atom is -0.472 e. The van der Waals surface area contributed by atoms with Crippen LogP contribution >= 0.6 is 23.5 Å². The third kappa shape index (κ3) is 6.34. The zero-order valence-corrected chi connectivity index (χ0v) is 21.8. The molecule has 0 bridgehead atoms. The summed E-state index contributed by atoms with van der Waals surface area (Å²) in [7, 11) is 1.96. The summed E-state index contributed by atoms with van der Waals surface area (Å²) in [6.07, 6.45) is 5.04. The quantitative estimate of drug-likeness (QED) is 0.239. The van der Waals surface area contributed by atoms with E-state index >= 15 is 0 Å². The number of unbranched alkanes of at least 4 members (excludes halogenated alkanes) is 4. The molecule has 0 spiro atoms. The number of rotatable bonds is 8. The van der Waals surface area contributed by atoms with Crippen molar-refractivity contribution in [2.24, 2.45) is 13.0 Å². The van der Waals surface area contributed by atoms with Crippen molar-refractivity contribution < 1.29 is 23.5 Å². The SMILES string of the molecule is Cn1c(CCCCCCC#CC2CC(F)(F)C2)c(C(=O)N2CCN(SC(=O)O)C2)c2cc(Cl)ccc21. The van der Waals surface area contributed by atoms with E-state index < -0.39 is 11.2 Å². The van der Waals surface area contributed by atoms with E-state index in [1.165, 1.54) is 0 Å². The highest BCUT2D eigenvalue weighted by atomic mass is 35.5. The number of nitrogens with zero attached hydrogens (tertiary/aromatic N) is 3. The predicted octanol–water partition coefficient (Wildman–Crippen LogP) is 6.41. The van der Waals surface area contributed by atoms with E-state index in [-0.39, 0.29) is 31.3 Å². The lowest BCUT2D eigenvalue weighted by Gasteiger charge is -2.31. The van der Waals surface area contributed by atoms with Gasteiger partial charge < -0.3 is 14.6 Å². The molecular formula is C26H30ClF2N3O3S. The largest absolute Gasteiger partial charge is 0.472 e. The Balaban J connectivity index is 1.37. The van der Waals surface area contributed by atoms with Crippen LogP contribution in [0.2, 0.25) is 5.02 Å². The first-order chi connectivity index (χ1) is 17.1. The lowest BCUT2D eigenvalue weighted by atomic mass is 9.82. The summed E-state index contributed by atoms with van der Waals surface area (Å²) < 4.78 is 29.4. The molecule has 194 valence electrons. The molecule has 2 fully saturated rings. The van der Waals surface area contributed by atoms with Gasteiger partial charge in [-0.2, -0.15) is 0 Å². The molecule has 6 nitrogen and oxygen atoms in total. The molecule has 1 aliphatic heterocycles. The Morgan fingerprint density at radius 1 is 1.19 bits per heavy atom. The van der Waals surface area contributed by atoms with Gasteiger partial charge in [0.05, 0.1) is 12.2 Å². The Kier molecular flexibility index (Phi) is 8.48. The van der Waals surface area contributed by atoms with Crippen LogP contribution in [0.25, 0.3) is 10.9 Å². The Bertz CT molecular complexity index is 1200. The summed E-state index contributed by atoms with van der Waals surface area (Å²) in [4.78, 5) is 26.3. The summed E-state index contributed by atoms with van der Waals surface area (Å²) in [5.74, 6) is 3.22. The van der Waals surface area contributed by atoms with E-state index in [0.717, 1.165) is 55.1 Å². The number of amides is 1. The first-order valence-corrected chi connectivity index (χ1v) is 13.4. The number of carbonyl (C=O) groups excluding carboxylic acids is 1. The highest BCUT2D eigenvalue weighted by Crippen LogP contribution is 2.41. The number of fused-ring (bicyclic) bond motifs is 1. The predicted molar refractivity (Wildman–Crippen MR) is 138 cm³/mol. The number of hydrogen-bond donors (Lipinski definition) is 1. The summed E-state index contributed by atoms with van der Waals surface area (Å²) >= 11 is 6.98. The number of benzene rings is 1. The third-order valence-corrected chi connectivity index (χ3v) is 7.75. The molecule has 1 saturated carbocycles. The number of aromatic nitrogens is 1. The van der Waals surface area contributed by atoms with Crippen LogP contribution in [0, 0.1) is 17.8 Å². The molecule has 1 amide bonds. The summed E-state index contributed by atoms with van der Waals surface area (Å²) in [5, 5.41) is 9.43. The van der Waals surface area contributed by atoms with Crippen molar-refractivity contribution in [1.29, 1.82) is 0 Å². The second kappa shape index (κ2) is 11.4. The van der Waals surface area contributed by atoms with Crippen LogP contribution < -0.4 is 0 Å². The van der Waals surface area contributed by atoms with Crippen molar-refractivity contribution in [3.05, 3.63) is 34.5 Å². The van der Waals surface area contributed by atoms with Gasteiger partial charge in [0, 0.05) is 78.9 Å². The molecular weight excluding hydrogens is 508 g/mol. The van der Waals surface area contributed by atoms with Crippen molar-refractivity contribution in [3.8, 4) is 11.8 Å². The van der Waals surface area contributed by atoms with Gasteiger partial charge in [-0.15, -0.1) is 5.92 Å². The minimum absolute atomic E-state index is 0.106. The standard InChI is InChI=1S/C26H30ClF2N3O3S/c1-30-21-11-10-19(27)14-20(21)23(24(33)31-12-13-32(17-31)36-25(34)35)22(30)9-7-5-3-2-4-6-8-18-15-26(28,29)16-18/h10-11,14,18H,2-5,7,9,12-13,15-17H2,1H3,(H,34,35). The first kappa shape index (κ1) is 26.8. The normalized spacial score (nSPS) is 17.7. The fraction of sp³-hybridized carbons (Fsp3) is 0.538. The molecule has 2 aliphatic rings. The van der Waals surface area contributed by atoms with Crippen LogP contribution in [0.5, 0.6) is 0 Å². The fourth-order valence-corrected chi connectivity index (χ4v) is 5.68. The molecule has 10 heteroatoms. The van der Waals surface area contributed by atoms with Crippen LogP contribution in [0.4, 0.5) is 13.6 Å². The third-order valence-electron chi connectivity index (χ3n) is 6.80. The van der Waals surface area contributed by atoms with Crippen LogP contribution in [0.3, 0.4) is 0 Å². The Labute approximate surface area is 219 Å². The van der Waals surface area contributed by atoms with E-state index in [1.807, 2.05) is 25.2 Å². The van der Waals surface area contributed by atoms with Gasteiger partial charge in [0.25, 0.3) is 11.8 Å². The monoisotopic (exact) mass is 537 g/mol. The van der Waals surface area contributed by atoms with Gasteiger partial charge in [-0.1, -0.05) is 30.4 Å². The van der Waals surface area contributed by atoms with Crippen molar-refractivity contribution in [1.82, 2.24) is 13.8 Å². The van der Waals surface area contributed by atoms with Crippen molar-refractivity contribution >= 4 is 45.7 Å². The molecule has 0 radical (unpaired) electrons. The van der Waals surface area contributed by atoms with Gasteiger partial charge in [0.1, 0.15) is 0 Å². The number of halogens is 3. The maximum absolute atomic E-state index is 13.6. The molecule has 0 unspecified atom stereocenters. The summed E-state index contributed by atoms with van der Waals surface area (Å²) in [6.45, 7) is 1.22. The van der Waals surface area contributed by atoms with E-state index in [2.05, 4.69) is 16.4 Å². The average molecular weight is 538 g/mol. The highest BCUT2D eigenvalue weighted by Gasteiger charge is 2.44. The zero-order chi connectivity index (χ0) is 25.9. The summed E-state index contributed by atoms with van der Waals surface area (Å²) in [6, 6.07) is 5.56. The molecule has 1 aromatic heterocycles. The van der Waals surface area contributed by atoms with E-state index in [0.29, 0.717) is 35.6 Å². The second-order valence-electron chi connectivity index (χ2n) is 9.51. The van der Waals surface area contributed by atoms with E-state index in [4.69, 9.17) is 16.7 Å². The maximum atomic E-state index is 13.6. The Morgan fingerprint density at radius 3 is 2.67 bits per heavy atom. The highest BCUT2D eigenvalue weighted by molar-refractivity contribution is 8.11. The van der Waals surface area contributed by atoms with Gasteiger partial charge in [-0.25, -0.2) is 17.9 Å². The fourth-order valence-electron chi connectivity index (χ4n) is 4.91. The molecule has 0 atom stereocenters. The molecule has 1 saturated heterocycles. The smallest absolute Gasteiger partial charge is 0.380 e. The topological polar surface area (TPSA) is 65.8 Å². The average Bonchev–Trinajstić information content (AvgIpc) is 3.35. The molecule has 1 aromatic carbocycles. The van der Waals surface area contributed by atoms with Gasteiger partial charge in [0.2, 0.25) is 0 Å². The van der Waals surface area contributed by atoms with Crippen LogP contribution in [-0.2, 0) is 13.5 Å². The van der Waals surface area contributed by atoms with Crippen molar-refractivity contribution in [3.63, 3.8) is 0 Å². The molecule has 1 N–H and O–H groups in total. The Morgan fingerprint density at radius 2 is 1.94 bits per heavy atom. The van der Waals surface area contributed by atoms with Gasteiger partial charge in [-0.3, -0.25) is 4.79 Å². The first-order valence-electron chi connectivity index (χ1n) is 12.2. The zero-order valence-electron chi connectivity index (χ0n) is 20.2. The number of alkyl halides is 2. The van der Waals surface area contributed by atoms with Crippen LogP contribution in [0.15, 0.2) is 18.2 Å².